The lowest BCUT2D eigenvalue weighted by Crippen LogP contribution is -2.80. The van der Waals surface area contributed by atoms with Gasteiger partial charge in [0.15, 0.2) is 17.0 Å². The summed E-state index contributed by atoms with van der Waals surface area (Å²) in [6.07, 6.45) is -4.25. The van der Waals surface area contributed by atoms with Gasteiger partial charge in [0, 0.05) is 60.2 Å². The molecule has 10 rings (SSSR count). The minimum absolute atomic E-state index is 0.00253. The molecule has 8 aliphatic rings. The molecular formula is C62H78O16. The Balaban J connectivity index is 0.000000190. The maximum atomic E-state index is 14.7. The fraction of sp³-hybridized carbons (Fsp3) is 0.629. The number of allylic oxidation sites excluding steroid dienone is 1. The van der Waals surface area contributed by atoms with Crippen LogP contribution < -0.4 is 0 Å². The molecule has 2 heterocycles. The van der Waals surface area contributed by atoms with E-state index < -0.39 is 122 Å². The maximum Gasteiger partial charge on any atom is 0.338 e. The number of aliphatic hydroxyl groups is 3. The van der Waals surface area contributed by atoms with Crippen LogP contribution in [0.4, 0.5) is 0 Å². The largest absolute Gasteiger partial charge is 0.455 e. The second-order valence-electron chi connectivity index (χ2n) is 25.6. The third-order valence-electron chi connectivity index (χ3n) is 21.2. The highest BCUT2D eigenvalue weighted by molar-refractivity contribution is 6.01. The molecule has 4 bridgehead atoms. The number of hydrogen-bond acceptors (Lipinski definition) is 16. The van der Waals surface area contributed by atoms with E-state index in [0.29, 0.717) is 35.1 Å². The van der Waals surface area contributed by atoms with Gasteiger partial charge in [-0.15, -0.1) is 0 Å². The Labute approximate surface area is 457 Å². The Hall–Kier alpha value is -5.39. The number of carbonyl (C=O) groups excluding carboxylic acids is 7. The number of Topliss-reactive ketones (excluding diaryl/α,β-unsaturated/α-hetero) is 3. The second-order valence-corrected chi connectivity index (χ2v) is 25.6. The molecule has 0 spiro atoms. The Morgan fingerprint density at radius 2 is 0.974 bits per heavy atom. The van der Waals surface area contributed by atoms with Crippen LogP contribution in [0.2, 0.25) is 0 Å². The molecule has 6 fully saturated rings. The van der Waals surface area contributed by atoms with E-state index in [-0.39, 0.29) is 66.4 Å². The Morgan fingerprint density at radius 3 is 1.36 bits per heavy atom. The normalized spacial score (nSPS) is 41.8. The summed E-state index contributed by atoms with van der Waals surface area (Å²) in [5.74, 6) is -6.67. The molecule has 2 aromatic rings. The zero-order valence-electron chi connectivity index (χ0n) is 47.5. The fourth-order valence-electron chi connectivity index (χ4n) is 16.7. The fourth-order valence-corrected chi connectivity index (χ4v) is 16.7. The van der Waals surface area contributed by atoms with Crippen LogP contribution in [0, 0.1) is 57.2 Å². The van der Waals surface area contributed by atoms with Crippen molar-refractivity contribution in [2.45, 2.75) is 176 Å². The Bertz CT molecular complexity index is 2910. The topological polar surface area (TPSA) is 236 Å². The van der Waals surface area contributed by atoms with Crippen molar-refractivity contribution in [3.05, 3.63) is 94.1 Å². The molecule has 2 saturated heterocycles. The van der Waals surface area contributed by atoms with Gasteiger partial charge in [-0.3, -0.25) is 24.0 Å². The molecule has 78 heavy (non-hydrogen) atoms. The predicted octanol–water partition coefficient (Wildman–Crippen LogP) is 7.47. The van der Waals surface area contributed by atoms with Crippen LogP contribution in [-0.2, 0) is 52.4 Å². The van der Waals surface area contributed by atoms with Crippen LogP contribution in [-0.4, -0.2) is 123 Å². The van der Waals surface area contributed by atoms with E-state index in [9.17, 15) is 48.9 Å². The number of ketones is 3. The lowest BCUT2D eigenvalue weighted by molar-refractivity contribution is -0.339. The van der Waals surface area contributed by atoms with E-state index >= 15 is 0 Å². The highest BCUT2D eigenvalue weighted by atomic mass is 16.6. The smallest absolute Gasteiger partial charge is 0.338 e. The molecule has 6 aliphatic carbocycles. The number of hydrogen-bond donors (Lipinski definition) is 3. The molecule has 422 valence electrons. The zero-order valence-corrected chi connectivity index (χ0v) is 47.5. The van der Waals surface area contributed by atoms with Crippen LogP contribution in [0.15, 0.2) is 83.0 Å². The highest BCUT2D eigenvalue weighted by Gasteiger charge is 2.79. The molecule has 16 nitrogen and oxygen atoms in total. The molecule has 2 aromatic carbocycles. The summed E-state index contributed by atoms with van der Waals surface area (Å²) < 4.78 is 36.6. The standard InChI is InChI=1S/C31H40O8.C31H38O8/c2*1-16-13-22-30(15-37-22,39-19(4)32)24-26(38-27(35)20-11-9-8-10-12-20)31(36)14-21(33)17(2)23(28(31,5)6)18(3)25(34)29(16,24)7/h8-12,16,18,21-22,24,26,33,36H,13-15H2,1-7H3;8-12,16,18,22,24,26,36H,13-15H2,1-7H3/t16-,18+,21-,22?,24-,26-,29+,30-,31+;16-,18+,22?,24-,26-,29+,30-,31+/m00/s1. The van der Waals surface area contributed by atoms with Crippen LogP contribution in [0.1, 0.15) is 143 Å². The minimum Gasteiger partial charge on any atom is -0.455 e. The summed E-state index contributed by atoms with van der Waals surface area (Å²) >= 11 is 0. The van der Waals surface area contributed by atoms with Crippen molar-refractivity contribution in [1.29, 1.82) is 0 Å². The molecule has 16 heteroatoms. The van der Waals surface area contributed by atoms with Gasteiger partial charge in [-0.05, 0) is 85.1 Å². The van der Waals surface area contributed by atoms with Gasteiger partial charge >= 0.3 is 23.9 Å². The number of carbonyl (C=O) groups is 7. The molecule has 0 aromatic heterocycles. The molecule has 0 amide bonds. The van der Waals surface area contributed by atoms with Gasteiger partial charge < -0.3 is 43.7 Å². The van der Waals surface area contributed by atoms with E-state index in [1.54, 1.807) is 95.3 Å². The van der Waals surface area contributed by atoms with Crippen molar-refractivity contribution in [3.63, 3.8) is 0 Å². The van der Waals surface area contributed by atoms with Crippen LogP contribution in [0.5, 0.6) is 0 Å². The SMILES string of the molecule is CC(=O)O[C@@]12COC1C[C@H](C)[C@@]1(C)C(=O)[C@H](C)C3=C(C)C(=O)C[C@@](O)([C@@H](OC(=O)c4ccccc4)[C@@H]12)C3(C)C.CC(=O)O[C@@]12COC1C[C@H](C)[C@@]1(C)C(=O)[C@H](C)C3=C(C)[C@@H](O)C[C@@](O)([C@@H](OC(=O)c4ccccc4)[C@@H]12)C3(C)C. The second kappa shape index (κ2) is 19.1. The third-order valence-corrected chi connectivity index (χ3v) is 21.2. The van der Waals surface area contributed by atoms with E-state index in [1.807, 2.05) is 48.5 Å². The lowest BCUT2D eigenvalue weighted by Gasteiger charge is -2.68. The van der Waals surface area contributed by atoms with Crippen molar-refractivity contribution in [2.24, 2.45) is 57.2 Å². The molecule has 2 aliphatic heterocycles. The van der Waals surface area contributed by atoms with Crippen LogP contribution in [0.25, 0.3) is 0 Å². The van der Waals surface area contributed by atoms with Crippen molar-refractivity contribution < 1.29 is 77.3 Å². The average molecular weight is 1080 g/mol. The number of fused-ring (bicyclic) bond motifs is 10. The van der Waals surface area contributed by atoms with Gasteiger partial charge in [0.2, 0.25) is 0 Å². The Kier molecular flexibility index (Phi) is 14.1. The first-order chi connectivity index (χ1) is 36.2. The highest BCUT2D eigenvalue weighted by Crippen LogP contribution is 2.68. The summed E-state index contributed by atoms with van der Waals surface area (Å²) in [7, 11) is 0. The first-order valence-electron chi connectivity index (χ1n) is 27.6. The maximum absolute atomic E-state index is 14.7. The lowest BCUT2D eigenvalue weighted by atomic mass is 9.42. The quantitative estimate of drug-likeness (QED) is 0.145. The summed E-state index contributed by atoms with van der Waals surface area (Å²) in [6, 6.07) is 16.9. The summed E-state index contributed by atoms with van der Waals surface area (Å²) in [5, 5.41) is 36.9. The molecule has 17 atom stereocenters. The monoisotopic (exact) mass is 1080 g/mol. The predicted molar refractivity (Wildman–Crippen MR) is 282 cm³/mol. The summed E-state index contributed by atoms with van der Waals surface area (Å²) in [6.45, 7) is 24.6. The van der Waals surface area contributed by atoms with Crippen LogP contribution in [0.3, 0.4) is 0 Å². The van der Waals surface area contributed by atoms with E-state index in [4.69, 9.17) is 28.4 Å². The molecule has 4 saturated carbocycles. The number of benzene rings is 2. The molecular weight excluding hydrogens is 1000 g/mol. The number of ether oxygens (including phenoxy) is 6. The van der Waals surface area contributed by atoms with Crippen molar-refractivity contribution in [2.75, 3.05) is 13.2 Å². The molecule has 0 radical (unpaired) electrons. The van der Waals surface area contributed by atoms with Crippen molar-refractivity contribution in [1.82, 2.24) is 0 Å². The van der Waals surface area contributed by atoms with Gasteiger partial charge in [-0.1, -0.05) is 106 Å². The first-order valence-corrected chi connectivity index (χ1v) is 27.6. The van der Waals surface area contributed by atoms with E-state index in [2.05, 4.69) is 0 Å². The van der Waals surface area contributed by atoms with Crippen LogP contribution >= 0.6 is 0 Å². The number of esters is 4. The Morgan fingerprint density at radius 1 is 0.590 bits per heavy atom. The minimum atomic E-state index is -1.89. The van der Waals surface area contributed by atoms with Gasteiger partial charge in [0.1, 0.15) is 47.2 Å². The average Bonchev–Trinajstić information content (AvgIpc) is 3.37. The van der Waals surface area contributed by atoms with Gasteiger partial charge in [-0.2, -0.15) is 0 Å². The van der Waals surface area contributed by atoms with Gasteiger partial charge in [0.05, 0.1) is 42.3 Å². The summed E-state index contributed by atoms with van der Waals surface area (Å²) in [5.41, 5.74) is -7.89. The number of rotatable bonds is 6. The van der Waals surface area contributed by atoms with E-state index in [0.717, 1.165) is 0 Å². The van der Waals surface area contributed by atoms with Gasteiger partial charge in [-0.25, -0.2) is 9.59 Å². The zero-order chi connectivity index (χ0) is 57.4. The third kappa shape index (κ3) is 7.86. The summed E-state index contributed by atoms with van der Waals surface area (Å²) in [4.78, 5) is 95.2. The molecule has 2 unspecified atom stereocenters. The van der Waals surface area contributed by atoms with Gasteiger partial charge in [0.25, 0.3) is 0 Å². The first kappa shape index (κ1) is 57.3. The van der Waals surface area contributed by atoms with E-state index in [1.165, 1.54) is 13.8 Å². The molecule has 3 N–H and O–H groups in total. The van der Waals surface area contributed by atoms with Crippen molar-refractivity contribution >= 4 is 41.2 Å². The van der Waals surface area contributed by atoms with Crippen molar-refractivity contribution in [3.8, 4) is 0 Å². The number of aliphatic hydroxyl groups excluding tert-OH is 1.